The number of hydrogen-bond donors (Lipinski definition) is 1. The number of nitrogens with zero attached hydrogens (tertiary/aromatic N) is 2. The lowest BCUT2D eigenvalue weighted by atomic mass is 10.1. The molecule has 1 amide bonds. The highest BCUT2D eigenvalue weighted by Crippen LogP contribution is 2.37. The van der Waals surface area contributed by atoms with Crippen LogP contribution in [0.15, 0.2) is 47.5 Å². The van der Waals surface area contributed by atoms with Gasteiger partial charge in [0.15, 0.2) is 4.32 Å². The number of amides is 1. The monoisotopic (exact) mass is 356 g/mol. The minimum Gasteiger partial charge on any atom is -0.478 e. The van der Waals surface area contributed by atoms with Crippen LogP contribution in [0.4, 0.5) is 5.69 Å². The molecule has 1 aromatic carbocycles. The molecule has 1 saturated heterocycles. The molecular weight excluding hydrogens is 344 g/mol. The molecule has 1 N–H and O–H groups in total. The van der Waals surface area contributed by atoms with Gasteiger partial charge in [0.1, 0.15) is 0 Å². The molecule has 1 aliphatic heterocycles. The molecule has 1 aromatic heterocycles. The van der Waals surface area contributed by atoms with E-state index in [9.17, 15) is 9.59 Å². The topological polar surface area (TPSA) is 70.5 Å². The van der Waals surface area contributed by atoms with E-state index < -0.39 is 5.97 Å². The first-order valence-electron chi connectivity index (χ1n) is 7.00. The van der Waals surface area contributed by atoms with E-state index in [1.165, 1.54) is 28.8 Å². The maximum Gasteiger partial charge on any atom is 0.335 e. The summed E-state index contributed by atoms with van der Waals surface area (Å²) >= 11 is 6.50. The Kier molecular flexibility index (Phi) is 4.46. The Bertz CT molecular complexity index is 879. The normalized spacial score (nSPS) is 16.0. The number of thioether (sulfide) groups is 1. The third kappa shape index (κ3) is 3.08. The van der Waals surface area contributed by atoms with E-state index in [4.69, 9.17) is 17.3 Å². The Hall–Kier alpha value is -2.51. The SMILES string of the molecule is Cc1ccc(C(=O)O)cc1N1C(=O)/C(=C/c2ccccn2)SC1=S. The highest BCUT2D eigenvalue weighted by atomic mass is 32.2. The summed E-state index contributed by atoms with van der Waals surface area (Å²) in [6, 6.07) is 10.1. The lowest BCUT2D eigenvalue weighted by Gasteiger charge is -2.17. The second-order valence-electron chi connectivity index (χ2n) is 5.08. The molecule has 0 bridgehead atoms. The van der Waals surface area contributed by atoms with Crippen molar-refractivity contribution in [3.8, 4) is 0 Å². The number of aromatic carboxylic acids is 1. The molecule has 24 heavy (non-hydrogen) atoms. The van der Waals surface area contributed by atoms with Crippen molar-refractivity contribution in [1.82, 2.24) is 4.98 Å². The van der Waals surface area contributed by atoms with Gasteiger partial charge in [-0.05, 0) is 42.8 Å². The van der Waals surface area contributed by atoms with Crippen molar-refractivity contribution < 1.29 is 14.7 Å². The van der Waals surface area contributed by atoms with Crippen LogP contribution in [-0.4, -0.2) is 26.3 Å². The number of thiocarbonyl (C=S) groups is 1. The predicted octanol–water partition coefficient (Wildman–Crippen LogP) is 3.49. The first-order chi connectivity index (χ1) is 11.5. The number of hydrogen-bond acceptors (Lipinski definition) is 5. The zero-order chi connectivity index (χ0) is 17.3. The highest BCUT2D eigenvalue weighted by molar-refractivity contribution is 8.27. The van der Waals surface area contributed by atoms with Gasteiger partial charge >= 0.3 is 5.97 Å². The quantitative estimate of drug-likeness (QED) is 0.670. The van der Waals surface area contributed by atoms with E-state index >= 15 is 0 Å². The van der Waals surface area contributed by atoms with Gasteiger partial charge in [-0.15, -0.1) is 0 Å². The molecule has 0 aliphatic carbocycles. The largest absolute Gasteiger partial charge is 0.478 e. The van der Waals surface area contributed by atoms with E-state index in [1.807, 2.05) is 13.0 Å². The smallest absolute Gasteiger partial charge is 0.335 e. The van der Waals surface area contributed by atoms with Gasteiger partial charge in [-0.2, -0.15) is 0 Å². The van der Waals surface area contributed by atoms with Crippen molar-refractivity contribution in [2.75, 3.05) is 4.90 Å². The molecule has 0 radical (unpaired) electrons. The van der Waals surface area contributed by atoms with Crippen LogP contribution < -0.4 is 4.90 Å². The fourth-order valence-electron chi connectivity index (χ4n) is 2.25. The van der Waals surface area contributed by atoms with Crippen molar-refractivity contribution in [2.45, 2.75) is 6.92 Å². The van der Waals surface area contributed by atoms with Gasteiger partial charge < -0.3 is 5.11 Å². The number of aromatic nitrogens is 1. The fraction of sp³-hybridized carbons (Fsp3) is 0.0588. The number of carboxylic acids is 1. The first-order valence-corrected chi connectivity index (χ1v) is 8.23. The van der Waals surface area contributed by atoms with Crippen LogP contribution in [0.1, 0.15) is 21.6 Å². The maximum absolute atomic E-state index is 12.7. The zero-order valence-electron chi connectivity index (χ0n) is 12.6. The molecule has 2 aromatic rings. The Balaban J connectivity index is 2.00. The molecule has 0 atom stereocenters. The van der Waals surface area contributed by atoms with E-state index in [-0.39, 0.29) is 11.5 Å². The standard InChI is InChI=1S/C17H12N2O3S2/c1-10-5-6-11(16(21)22)8-13(10)19-15(20)14(24-17(19)23)9-12-4-2-3-7-18-12/h2-9H,1H3,(H,21,22)/b14-9-. The highest BCUT2D eigenvalue weighted by Gasteiger charge is 2.34. The van der Waals surface area contributed by atoms with Gasteiger partial charge in [-0.1, -0.05) is 36.1 Å². The number of anilines is 1. The van der Waals surface area contributed by atoms with Crippen LogP contribution in [0.2, 0.25) is 0 Å². The van der Waals surface area contributed by atoms with E-state index in [1.54, 1.807) is 30.5 Å². The average molecular weight is 356 g/mol. The minimum absolute atomic E-state index is 0.110. The molecule has 2 heterocycles. The van der Waals surface area contributed by atoms with E-state index in [0.717, 1.165) is 5.56 Å². The first kappa shape index (κ1) is 16.4. The second-order valence-corrected chi connectivity index (χ2v) is 6.75. The number of pyridine rings is 1. The van der Waals surface area contributed by atoms with E-state index in [0.29, 0.717) is 20.6 Å². The summed E-state index contributed by atoms with van der Waals surface area (Å²) in [5.74, 6) is -1.33. The summed E-state index contributed by atoms with van der Waals surface area (Å²) in [6.07, 6.45) is 3.32. The van der Waals surface area contributed by atoms with Crippen molar-refractivity contribution in [3.05, 3.63) is 64.3 Å². The molecule has 0 spiro atoms. The Labute approximate surface area is 148 Å². The molecule has 120 valence electrons. The summed E-state index contributed by atoms with van der Waals surface area (Å²) < 4.78 is 0.368. The number of benzene rings is 1. The molecular formula is C17H12N2O3S2. The third-order valence-electron chi connectivity index (χ3n) is 3.46. The second kappa shape index (κ2) is 6.54. The Morgan fingerprint density at radius 3 is 2.79 bits per heavy atom. The van der Waals surface area contributed by atoms with Gasteiger partial charge in [-0.25, -0.2) is 4.79 Å². The van der Waals surface area contributed by atoms with Gasteiger partial charge in [0.05, 0.1) is 21.8 Å². The number of carbonyl (C=O) groups is 2. The summed E-state index contributed by atoms with van der Waals surface area (Å²) in [6.45, 7) is 1.81. The summed E-state index contributed by atoms with van der Waals surface area (Å²) in [7, 11) is 0. The third-order valence-corrected chi connectivity index (χ3v) is 4.76. The molecule has 7 heteroatoms. The van der Waals surface area contributed by atoms with Crippen molar-refractivity contribution >= 4 is 51.9 Å². The number of carbonyl (C=O) groups excluding carboxylic acids is 1. The van der Waals surface area contributed by atoms with Gasteiger partial charge in [0, 0.05) is 6.20 Å². The fourth-order valence-corrected chi connectivity index (χ4v) is 3.52. The summed E-state index contributed by atoms with van der Waals surface area (Å²) in [5.41, 5.74) is 2.03. The average Bonchev–Trinajstić information content (AvgIpc) is 2.83. The molecule has 0 unspecified atom stereocenters. The lowest BCUT2D eigenvalue weighted by Crippen LogP contribution is -2.28. The van der Waals surface area contributed by atoms with Crippen molar-refractivity contribution in [2.24, 2.45) is 0 Å². The number of aryl methyl sites for hydroxylation is 1. The van der Waals surface area contributed by atoms with Crippen LogP contribution in [0.25, 0.3) is 6.08 Å². The molecule has 0 saturated carbocycles. The van der Waals surface area contributed by atoms with Crippen LogP contribution in [-0.2, 0) is 4.79 Å². The molecule has 1 aliphatic rings. The minimum atomic E-state index is -1.05. The predicted molar refractivity (Wildman–Crippen MR) is 98.0 cm³/mol. The number of carboxylic acid groups (broad SMARTS) is 1. The zero-order valence-corrected chi connectivity index (χ0v) is 14.2. The molecule has 1 fully saturated rings. The maximum atomic E-state index is 12.7. The van der Waals surface area contributed by atoms with Crippen LogP contribution in [0.3, 0.4) is 0 Å². The van der Waals surface area contributed by atoms with Crippen LogP contribution in [0, 0.1) is 6.92 Å². The molecule has 3 rings (SSSR count). The Morgan fingerprint density at radius 2 is 2.12 bits per heavy atom. The lowest BCUT2D eigenvalue weighted by molar-refractivity contribution is -0.113. The van der Waals surface area contributed by atoms with Crippen LogP contribution in [0.5, 0.6) is 0 Å². The van der Waals surface area contributed by atoms with Gasteiger partial charge in [0.2, 0.25) is 0 Å². The van der Waals surface area contributed by atoms with Crippen molar-refractivity contribution in [3.63, 3.8) is 0 Å². The molecule has 5 nitrogen and oxygen atoms in total. The van der Waals surface area contributed by atoms with Gasteiger partial charge in [0.25, 0.3) is 5.91 Å². The van der Waals surface area contributed by atoms with E-state index in [2.05, 4.69) is 4.98 Å². The summed E-state index contributed by atoms with van der Waals surface area (Å²) in [4.78, 5) is 29.9. The van der Waals surface area contributed by atoms with Gasteiger partial charge in [-0.3, -0.25) is 14.7 Å². The van der Waals surface area contributed by atoms with Crippen molar-refractivity contribution in [1.29, 1.82) is 0 Å². The van der Waals surface area contributed by atoms with Crippen LogP contribution >= 0.6 is 24.0 Å². The number of rotatable bonds is 3. The Morgan fingerprint density at radius 1 is 1.33 bits per heavy atom. The summed E-state index contributed by atoms with van der Waals surface area (Å²) in [5, 5.41) is 9.16.